The number of pyridine rings is 1. The minimum absolute atomic E-state index is 0.250. The van der Waals surface area contributed by atoms with E-state index in [1.807, 2.05) is 12.1 Å². The van der Waals surface area contributed by atoms with Crippen LogP contribution in [0.15, 0.2) is 42.5 Å². The first-order chi connectivity index (χ1) is 13.6. The largest absolute Gasteiger partial charge is 0.508 e. The van der Waals surface area contributed by atoms with E-state index < -0.39 is 0 Å². The number of aromatic hydroxyl groups is 1. The molecular weight excluding hydrogens is 352 g/mol. The van der Waals surface area contributed by atoms with Gasteiger partial charge < -0.3 is 10.1 Å². The molecule has 28 heavy (non-hydrogen) atoms. The smallest absolute Gasteiger partial charge is 0.373 e. The summed E-state index contributed by atoms with van der Waals surface area (Å²) in [6.45, 7) is 2.11. The maximum atomic E-state index is 9.61. The number of aromatic nitrogens is 2. The van der Waals surface area contributed by atoms with Gasteiger partial charge in [-0.1, -0.05) is 0 Å². The van der Waals surface area contributed by atoms with Crippen molar-refractivity contribution in [3.8, 4) is 17.0 Å². The van der Waals surface area contributed by atoms with Gasteiger partial charge in [0.15, 0.2) is 0 Å². The van der Waals surface area contributed by atoms with E-state index in [9.17, 15) is 5.11 Å². The summed E-state index contributed by atoms with van der Waals surface area (Å²) in [5.74, 6) is 0.294. The summed E-state index contributed by atoms with van der Waals surface area (Å²) in [6.07, 6.45) is 4.89. The molecule has 5 nitrogen and oxygen atoms in total. The standard InChI is InChI=1S/C22H20N2O.CO2/c1-13-12-18-19(23-13)10-11-20-21(18)16-4-2-3-5-17(16)22(24-20)14-6-8-15(25)9-7-14;2-1-3/h6-12,23,25H,2-5H2,1H3;. The van der Waals surface area contributed by atoms with Crippen molar-refractivity contribution >= 4 is 28.0 Å². The van der Waals surface area contributed by atoms with Gasteiger partial charge in [-0.3, -0.25) is 0 Å². The summed E-state index contributed by atoms with van der Waals surface area (Å²) in [6, 6.07) is 13.9. The van der Waals surface area contributed by atoms with Gasteiger partial charge in [0.05, 0.1) is 11.2 Å². The van der Waals surface area contributed by atoms with Crippen LogP contribution in [0.3, 0.4) is 0 Å². The normalized spacial score (nSPS) is 12.9. The van der Waals surface area contributed by atoms with Crippen molar-refractivity contribution in [3.05, 3.63) is 59.3 Å². The lowest BCUT2D eigenvalue weighted by atomic mass is 9.85. The van der Waals surface area contributed by atoms with Crippen molar-refractivity contribution < 1.29 is 14.7 Å². The number of fused-ring (bicyclic) bond motifs is 5. The molecular formula is C23H20N2O3. The molecule has 0 spiro atoms. The molecule has 0 unspecified atom stereocenters. The molecule has 0 atom stereocenters. The molecule has 140 valence electrons. The van der Waals surface area contributed by atoms with Crippen LogP contribution >= 0.6 is 0 Å². The fourth-order valence-electron chi connectivity index (χ4n) is 4.23. The highest BCUT2D eigenvalue weighted by Crippen LogP contribution is 2.38. The zero-order valence-electron chi connectivity index (χ0n) is 15.6. The number of phenolic OH excluding ortho intramolecular Hbond substituents is 1. The van der Waals surface area contributed by atoms with Crippen LogP contribution in [0.2, 0.25) is 0 Å². The van der Waals surface area contributed by atoms with Gasteiger partial charge in [0, 0.05) is 27.5 Å². The molecule has 4 aromatic rings. The van der Waals surface area contributed by atoms with Gasteiger partial charge in [-0.05, 0) is 86.2 Å². The topological polar surface area (TPSA) is 83.1 Å². The average molecular weight is 372 g/mol. The number of rotatable bonds is 1. The van der Waals surface area contributed by atoms with E-state index in [1.165, 1.54) is 46.0 Å². The van der Waals surface area contributed by atoms with Crippen molar-refractivity contribution in [2.45, 2.75) is 32.6 Å². The van der Waals surface area contributed by atoms with Gasteiger partial charge in [-0.25, -0.2) is 4.98 Å². The number of hydrogen-bond acceptors (Lipinski definition) is 4. The maximum Gasteiger partial charge on any atom is 0.373 e. The third-order valence-electron chi connectivity index (χ3n) is 5.34. The van der Waals surface area contributed by atoms with Crippen LogP contribution < -0.4 is 0 Å². The number of aryl methyl sites for hydroxylation is 2. The number of H-pyrrole nitrogens is 1. The van der Waals surface area contributed by atoms with E-state index in [1.54, 1.807) is 12.1 Å². The molecule has 1 aliphatic rings. The molecule has 5 heteroatoms. The van der Waals surface area contributed by atoms with Crippen molar-refractivity contribution in [2.75, 3.05) is 0 Å². The molecule has 1 aliphatic carbocycles. The number of carbonyl (C=O) groups excluding carboxylic acids is 2. The molecule has 2 heterocycles. The molecule has 0 saturated carbocycles. The Bertz CT molecular complexity index is 1200. The van der Waals surface area contributed by atoms with Crippen molar-refractivity contribution in [3.63, 3.8) is 0 Å². The van der Waals surface area contributed by atoms with Crippen molar-refractivity contribution in [1.82, 2.24) is 9.97 Å². The molecule has 0 bridgehead atoms. The summed E-state index contributed by atoms with van der Waals surface area (Å²) < 4.78 is 0. The first-order valence-electron chi connectivity index (χ1n) is 9.35. The van der Waals surface area contributed by atoms with Crippen LogP contribution in [-0.2, 0) is 22.4 Å². The predicted molar refractivity (Wildman–Crippen MR) is 107 cm³/mol. The SMILES string of the molecule is Cc1cc2c(ccc3nc(-c4ccc(O)cc4)c4c(c32)CCCC4)[nH]1.O=C=O. The molecule has 0 saturated heterocycles. The van der Waals surface area contributed by atoms with Gasteiger partial charge in [0.2, 0.25) is 0 Å². The zero-order chi connectivity index (χ0) is 19.7. The zero-order valence-corrected chi connectivity index (χ0v) is 15.6. The van der Waals surface area contributed by atoms with Crippen molar-refractivity contribution in [2.24, 2.45) is 0 Å². The van der Waals surface area contributed by atoms with Crippen LogP contribution in [0.1, 0.15) is 29.7 Å². The summed E-state index contributed by atoms with van der Waals surface area (Å²) in [4.78, 5) is 24.8. The fourth-order valence-corrected chi connectivity index (χ4v) is 4.23. The first kappa shape index (κ1) is 18.0. The Kier molecular flexibility index (Phi) is 4.68. The number of nitrogens with one attached hydrogen (secondary N) is 1. The maximum absolute atomic E-state index is 9.61. The monoisotopic (exact) mass is 372 g/mol. The van der Waals surface area contributed by atoms with E-state index in [0.717, 1.165) is 29.6 Å². The van der Waals surface area contributed by atoms with Crippen LogP contribution in [0, 0.1) is 6.92 Å². The van der Waals surface area contributed by atoms with Gasteiger partial charge in [0.25, 0.3) is 0 Å². The van der Waals surface area contributed by atoms with Gasteiger partial charge >= 0.3 is 6.15 Å². The van der Waals surface area contributed by atoms with Crippen LogP contribution in [0.25, 0.3) is 33.1 Å². The molecule has 5 rings (SSSR count). The Morgan fingerprint density at radius 3 is 2.39 bits per heavy atom. The summed E-state index contributed by atoms with van der Waals surface area (Å²) >= 11 is 0. The first-order valence-corrected chi connectivity index (χ1v) is 9.35. The Morgan fingerprint density at radius 1 is 1.00 bits per heavy atom. The second-order valence-electron chi connectivity index (χ2n) is 7.13. The van der Waals surface area contributed by atoms with E-state index >= 15 is 0 Å². The van der Waals surface area contributed by atoms with Gasteiger partial charge in [-0.2, -0.15) is 9.59 Å². The molecule has 0 aliphatic heterocycles. The number of nitrogens with zero attached hydrogens (tertiary/aromatic N) is 1. The van der Waals surface area contributed by atoms with E-state index in [2.05, 4.69) is 30.1 Å². The molecule has 2 aromatic heterocycles. The fraction of sp³-hybridized carbons (Fsp3) is 0.217. The summed E-state index contributed by atoms with van der Waals surface area (Å²) in [7, 11) is 0. The molecule has 0 radical (unpaired) electrons. The lowest BCUT2D eigenvalue weighted by Gasteiger charge is -2.22. The minimum atomic E-state index is 0.250. The van der Waals surface area contributed by atoms with Gasteiger partial charge in [0.1, 0.15) is 5.75 Å². The number of phenols is 1. The van der Waals surface area contributed by atoms with E-state index in [-0.39, 0.29) is 6.15 Å². The third-order valence-corrected chi connectivity index (χ3v) is 5.34. The highest BCUT2D eigenvalue weighted by molar-refractivity contribution is 6.08. The van der Waals surface area contributed by atoms with Gasteiger partial charge in [-0.15, -0.1) is 0 Å². The second-order valence-corrected chi connectivity index (χ2v) is 7.13. The predicted octanol–water partition coefficient (Wildman–Crippen LogP) is 4.69. The molecule has 2 aromatic carbocycles. The number of hydrogen-bond donors (Lipinski definition) is 2. The van der Waals surface area contributed by atoms with E-state index in [0.29, 0.717) is 5.75 Å². The Balaban J connectivity index is 0.000000604. The lowest BCUT2D eigenvalue weighted by Crippen LogP contribution is -2.07. The summed E-state index contributed by atoms with van der Waals surface area (Å²) in [5.41, 5.74) is 8.46. The minimum Gasteiger partial charge on any atom is -0.508 e. The third kappa shape index (κ3) is 3.06. The molecule has 2 N–H and O–H groups in total. The number of benzene rings is 2. The summed E-state index contributed by atoms with van der Waals surface area (Å²) in [5, 5.41) is 12.2. The lowest BCUT2D eigenvalue weighted by molar-refractivity contribution is -0.191. The highest BCUT2D eigenvalue weighted by atomic mass is 16.3. The number of aromatic amines is 1. The average Bonchev–Trinajstić information content (AvgIpc) is 3.09. The second kappa shape index (κ2) is 7.29. The van der Waals surface area contributed by atoms with Crippen LogP contribution in [-0.4, -0.2) is 21.2 Å². The van der Waals surface area contributed by atoms with Crippen LogP contribution in [0.5, 0.6) is 5.75 Å². The molecule has 0 amide bonds. The quantitative estimate of drug-likeness (QED) is 0.508. The molecule has 0 fully saturated rings. The highest BCUT2D eigenvalue weighted by Gasteiger charge is 2.21. The van der Waals surface area contributed by atoms with Crippen molar-refractivity contribution in [1.29, 1.82) is 0 Å². The van der Waals surface area contributed by atoms with Crippen LogP contribution in [0.4, 0.5) is 0 Å². The Hall–Kier alpha value is -3.43. The Morgan fingerprint density at radius 2 is 1.68 bits per heavy atom. The Labute approximate surface area is 162 Å². The van der Waals surface area contributed by atoms with E-state index in [4.69, 9.17) is 14.6 Å².